The van der Waals surface area contributed by atoms with Crippen molar-refractivity contribution >= 4 is 10.8 Å². The molecule has 3 aromatic carbocycles. The second-order valence-electron chi connectivity index (χ2n) is 8.53. The van der Waals surface area contributed by atoms with Crippen molar-refractivity contribution in [3.05, 3.63) is 103 Å². The lowest BCUT2D eigenvalue weighted by atomic mass is 9.78. The maximum Gasteiger partial charge on any atom is 0.120 e. The van der Waals surface area contributed by atoms with Gasteiger partial charge in [0, 0.05) is 0 Å². The maximum atomic E-state index is 5.64. The predicted molar refractivity (Wildman–Crippen MR) is 128 cm³/mol. The van der Waals surface area contributed by atoms with Crippen LogP contribution in [-0.2, 0) is 12.8 Å². The molecule has 1 heteroatoms. The molecule has 0 aliphatic heterocycles. The summed E-state index contributed by atoms with van der Waals surface area (Å²) in [4.78, 5) is 0. The Morgan fingerprint density at radius 2 is 1.43 bits per heavy atom. The van der Waals surface area contributed by atoms with Gasteiger partial charge in [-0.2, -0.15) is 0 Å². The van der Waals surface area contributed by atoms with Crippen LogP contribution in [0.1, 0.15) is 48.3 Å². The van der Waals surface area contributed by atoms with Gasteiger partial charge in [0.15, 0.2) is 0 Å². The number of benzene rings is 3. The molecule has 0 radical (unpaired) electrons. The summed E-state index contributed by atoms with van der Waals surface area (Å²) in [7, 11) is 0. The van der Waals surface area contributed by atoms with Crippen LogP contribution in [0.15, 0.2) is 86.0 Å². The van der Waals surface area contributed by atoms with E-state index in [9.17, 15) is 0 Å². The van der Waals surface area contributed by atoms with E-state index in [2.05, 4.69) is 73.8 Å². The highest BCUT2D eigenvalue weighted by atomic mass is 16.5. The Balaban J connectivity index is 1.35. The van der Waals surface area contributed by atoms with E-state index in [1.165, 1.54) is 53.1 Å². The summed E-state index contributed by atoms with van der Waals surface area (Å²) in [6, 6.07) is 22.4. The monoisotopic (exact) mass is 396 g/mol. The van der Waals surface area contributed by atoms with Crippen LogP contribution in [0.5, 0.6) is 5.75 Å². The van der Waals surface area contributed by atoms with E-state index >= 15 is 0 Å². The molecule has 0 heterocycles. The molecular weight excluding hydrogens is 364 g/mol. The van der Waals surface area contributed by atoms with E-state index < -0.39 is 0 Å². The van der Waals surface area contributed by atoms with Crippen molar-refractivity contribution in [3.63, 3.8) is 0 Å². The first kappa shape index (κ1) is 20.5. The zero-order valence-corrected chi connectivity index (χ0v) is 17.9. The van der Waals surface area contributed by atoms with Gasteiger partial charge in [0.05, 0.1) is 0 Å². The highest BCUT2D eigenvalue weighted by Gasteiger charge is 2.20. The van der Waals surface area contributed by atoms with Gasteiger partial charge in [-0.3, -0.25) is 0 Å². The molecule has 1 saturated carbocycles. The molecule has 0 atom stereocenters. The molecule has 1 aliphatic carbocycles. The number of aryl methyl sites for hydroxylation is 2. The van der Waals surface area contributed by atoms with Crippen LogP contribution in [0, 0.1) is 5.92 Å². The van der Waals surface area contributed by atoms with Crippen molar-refractivity contribution in [3.8, 4) is 5.75 Å². The molecule has 154 valence electrons. The summed E-state index contributed by atoms with van der Waals surface area (Å²) in [5.41, 5.74) is 4.32. The van der Waals surface area contributed by atoms with Crippen LogP contribution >= 0.6 is 0 Å². The molecule has 0 saturated heterocycles. The van der Waals surface area contributed by atoms with Gasteiger partial charge in [-0.15, -0.1) is 6.58 Å². The molecule has 0 spiro atoms. The van der Waals surface area contributed by atoms with Crippen molar-refractivity contribution in [2.24, 2.45) is 5.92 Å². The number of ether oxygens (including phenoxy) is 1. The van der Waals surface area contributed by atoms with E-state index in [1.54, 1.807) is 6.08 Å². The Hall–Kier alpha value is -2.80. The Morgan fingerprint density at radius 1 is 0.767 bits per heavy atom. The molecule has 4 rings (SSSR count). The average Bonchev–Trinajstić information content (AvgIpc) is 2.81. The van der Waals surface area contributed by atoms with Crippen molar-refractivity contribution < 1.29 is 4.74 Å². The highest BCUT2D eigenvalue weighted by molar-refractivity contribution is 5.84. The molecule has 1 aliphatic rings. The van der Waals surface area contributed by atoms with Crippen molar-refractivity contribution in [2.45, 2.75) is 44.4 Å². The quantitative estimate of drug-likeness (QED) is 0.355. The lowest BCUT2D eigenvalue weighted by Gasteiger charge is -2.27. The molecule has 0 unspecified atom stereocenters. The molecule has 1 nitrogen and oxygen atoms in total. The van der Waals surface area contributed by atoms with Crippen LogP contribution in [-0.4, -0.2) is 6.61 Å². The van der Waals surface area contributed by atoms with Crippen LogP contribution in [0.25, 0.3) is 10.8 Å². The number of hydrogen-bond donors (Lipinski definition) is 0. The van der Waals surface area contributed by atoms with Crippen LogP contribution in [0.2, 0.25) is 0 Å². The molecule has 0 bridgehead atoms. The van der Waals surface area contributed by atoms with E-state index in [-0.39, 0.29) is 0 Å². The minimum atomic E-state index is 0.540. The van der Waals surface area contributed by atoms with E-state index in [4.69, 9.17) is 4.74 Å². The van der Waals surface area contributed by atoms with Gasteiger partial charge in [-0.25, -0.2) is 0 Å². The summed E-state index contributed by atoms with van der Waals surface area (Å²) < 4.78 is 5.64. The molecule has 3 aromatic rings. The normalized spacial score (nSPS) is 18.8. The third-order valence-electron chi connectivity index (χ3n) is 6.50. The van der Waals surface area contributed by atoms with Gasteiger partial charge in [0.2, 0.25) is 0 Å². The van der Waals surface area contributed by atoms with Crippen molar-refractivity contribution in [1.82, 2.24) is 0 Å². The first-order chi connectivity index (χ1) is 14.7. The second kappa shape index (κ2) is 9.80. The number of rotatable bonds is 8. The van der Waals surface area contributed by atoms with Gasteiger partial charge in [-0.05, 0) is 90.0 Å². The predicted octanol–water partition coefficient (Wildman–Crippen LogP) is 7.65. The van der Waals surface area contributed by atoms with Crippen molar-refractivity contribution in [2.75, 3.05) is 6.61 Å². The first-order valence-corrected chi connectivity index (χ1v) is 11.2. The minimum absolute atomic E-state index is 0.540. The summed E-state index contributed by atoms with van der Waals surface area (Å²) in [6.07, 6.45) is 11.2. The number of fused-ring (bicyclic) bond motifs is 1. The molecule has 0 aromatic heterocycles. The fraction of sp³-hybridized carbons (Fsp3) is 0.310. The van der Waals surface area contributed by atoms with Gasteiger partial charge < -0.3 is 4.74 Å². The summed E-state index contributed by atoms with van der Waals surface area (Å²) >= 11 is 0. The van der Waals surface area contributed by atoms with Crippen molar-refractivity contribution in [1.29, 1.82) is 0 Å². The second-order valence-corrected chi connectivity index (χ2v) is 8.53. The highest BCUT2D eigenvalue weighted by Crippen LogP contribution is 2.36. The molecule has 1 fully saturated rings. The lowest BCUT2D eigenvalue weighted by Crippen LogP contribution is -2.11. The van der Waals surface area contributed by atoms with E-state index in [0.717, 1.165) is 30.4 Å². The summed E-state index contributed by atoms with van der Waals surface area (Å²) in [5.74, 6) is 2.36. The van der Waals surface area contributed by atoms with Gasteiger partial charge in [0.1, 0.15) is 12.4 Å². The number of allylic oxidation sites excluding steroid dienone is 1. The third-order valence-corrected chi connectivity index (χ3v) is 6.50. The largest absolute Gasteiger partial charge is 0.490 e. The fourth-order valence-corrected chi connectivity index (χ4v) is 4.61. The Bertz CT molecular complexity index is 991. The van der Waals surface area contributed by atoms with Gasteiger partial charge >= 0.3 is 0 Å². The summed E-state index contributed by atoms with van der Waals surface area (Å²) in [6.45, 7) is 8.20. The van der Waals surface area contributed by atoms with Crippen LogP contribution in [0.3, 0.4) is 0 Å². The van der Waals surface area contributed by atoms with Crippen LogP contribution in [0.4, 0.5) is 0 Å². The maximum absolute atomic E-state index is 5.64. The average molecular weight is 397 g/mol. The molecular formula is C29H32O. The zero-order chi connectivity index (χ0) is 20.8. The van der Waals surface area contributed by atoms with Gasteiger partial charge in [-0.1, -0.05) is 67.3 Å². The van der Waals surface area contributed by atoms with Crippen LogP contribution < -0.4 is 4.74 Å². The SMILES string of the molecule is C=CCOc1ccc2cc(CCc3ccc(C4CCC(C=C)CC4)cc3)ccc2c1. The Kier molecular flexibility index (Phi) is 6.69. The molecule has 0 amide bonds. The Morgan fingerprint density at radius 3 is 2.17 bits per heavy atom. The first-order valence-electron chi connectivity index (χ1n) is 11.2. The topological polar surface area (TPSA) is 9.23 Å². The van der Waals surface area contributed by atoms with E-state index in [1.807, 2.05) is 6.07 Å². The van der Waals surface area contributed by atoms with E-state index in [0.29, 0.717) is 6.61 Å². The minimum Gasteiger partial charge on any atom is -0.490 e. The third kappa shape index (κ3) is 5.02. The summed E-state index contributed by atoms with van der Waals surface area (Å²) in [5, 5.41) is 2.49. The lowest BCUT2D eigenvalue weighted by molar-refractivity contribution is 0.364. The Labute approximate surface area is 181 Å². The molecule has 0 N–H and O–H groups in total. The standard InChI is InChI=1S/C29H32O/c1-3-19-30-29-18-17-27-20-24(11-16-28(27)21-29)6-5-23-9-14-26(15-10-23)25-12-7-22(4-2)8-13-25/h3-4,9-11,14-18,20-22,25H,1-2,5-8,12-13,19H2. The zero-order valence-electron chi connectivity index (χ0n) is 17.9. The molecule has 30 heavy (non-hydrogen) atoms. The van der Waals surface area contributed by atoms with Gasteiger partial charge in [0.25, 0.3) is 0 Å². The fourth-order valence-electron chi connectivity index (χ4n) is 4.61. The number of hydrogen-bond acceptors (Lipinski definition) is 1. The smallest absolute Gasteiger partial charge is 0.120 e.